The number of hydrogen-bond acceptors (Lipinski definition) is 5. The highest BCUT2D eigenvalue weighted by Crippen LogP contribution is 2.37. The van der Waals surface area contributed by atoms with E-state index in [1.54, 1.807) is 36.0 Å². The molecular formula is C15H19FN4S. The number of aromatic nitrogens is 3. The van der Waals surface area contributed by atoms with Crippen molar-refractivity contribution in [1.82, 2.24) is 15.0 Å². The molecule has 6 heteroatoms. The number of rotatable bonds is 3. The Morgan fingerprint density at radius 3 is 2.48 bits per heavy atom. The van der Waals surface area contributed by atoms with E-state index in [1.165, 1.54) is 0 Å². The Bertz CT molecular complexity index is 591. The van der Waals surface area contributed by atoms with Crippen molar-refractivity contribution in [2.24, 2.45) is 5.92 Å². The van der Waals surface area contributed by atoms with Crippen LogP contribution in [0.15, 0.2) is 24.7 Å². The highest BCUT2D eigenvalue weighted by Gasteiger charge is 2.37. The van der Waals surface area contributed by atoms with Gasteiger partial charge in [-0.3, -0.25) is 0 Å². The Kier molecular flexibility index (Phi) is 3.89. The predicted octanol–water partition coefficient (Wildman–Crippen LogP) is 3.56. The van der Waals surface area contributed by atoms with Gasteiger partial charge in [-0.2, -0.15) is 0 Å². The van der Waals surface area contributed by atoms with Gasteiger partial charge in [-0.25, -0.2) is 19.3 Å². The maximum absolute atomic E-state index is 14.6. The van der Waals surface area contributed by atoms with E-state index in [0.29, 0.717) is 18.7 Å². The van der Waals surface area contributed by atoms with Crippen LogP contribution in [0.4, 0.5) is 9.52 Å². The first-order chi connectivity index (χ1) is 10.1. The molecule has 3 heterocycles. The lowest BCUT2D eigenvalue weighted by Crippen LogP contribution is -2.44. The Hall–Kier alpha value is -1.56. The van der Waals surface area contributed by atoms with Gasteiger partial charge >= 0.3 is 0 Å². The van der Waals surface area contributed by atoms with E-state index in [-0.39, 0.29) is 5.92 Å². The monoisotopic (exact) mass is 306 g/mol. The molecule has 0 aromatic carbocycles. The SMILES string of the molecule is CC(C)C1(F)CCN(c2ncc(-c3ncccn3)s2)CC1. The highest BCUT2D eigenvalue weighted by molar-refractivity contribution is 7.18. The van der Waals surface area contributed by atoms with Crippen molar-refractivity contribution in [3.63, 3.8) is 0 Å². The van der Waals surface area contributed by atoms with Gasteiger partial charge in [-0.1, -0.05) is 25.2 Å². The van der Waals surface area contributed by atoms with Gasteiger partial charge in [0.05, 0.1) is 11.1 Å². The standard InChI is InChI=1S/C15H19FN4S/c1-11(2)15(16)4-8-20(9-5-15)14-19-10-12(21-14)13-17-6-3-7-18-13/h3,6-7,10-11H,4-5,8-9H2,1-2H3. The van der Waals surface area contributed by atoms with Crippen LogP contribution in [0.1, 0.15) is 26.7 Å². The Labute approximate surface area is 128 Å². The molecule has 1 saturated heterocycles. The molecule has 3 rings (SSSR count). The van der Waals surface area contributed by atoms with Gasteiger partial charge < -0.3 is 4.90 Å². The third-order valence-corrected chi connectivity index (χ3v) is 5.23. The lowest BCUT2D eigenvalue weighted by Gasteiger charge is -2.38. The van der Waals surface area contributed by atoms with Gasteiger partial charge in [-0.05, 0) is 24.8 Å². The van der Waals surface area contributed by atoms with Crippen LogP contribution in [0.5, 0.6) is 0 Å². The molecule has 2 aromatic heterocycles. The topological polar surface area (TPSA) is 41.9 Å². The summed E-state index contributed by atoms with van der Waals surface area (Å²) < 4.78 is 14.6. The molecule has 0 bridgehead atoms. The molecule has 4 nitrogen and oxygen atoms in total. The summed E-state index contributed by atoms with van der Waals surface area (Å²) in [5.41, 5.74) is -1.03. The number of hydrogen-bond donors (Lipinski definition) is 0. The number of alkyl halides is 1. The van der Waals surface area contributed by atoms with Crippen LogP contribution in [-0.2, 0) is 0 Å². The first-order valence-electron chi connectivity index (χ1n) is 7.25. The molecule has 0 spiro atoms. The first kappa shape index (κ1) is 14.4. The van der Waals surface area contributed by atoms with Crippen molar-refractivity contribution in [1.29, 1.82) is 0 Å². The second-order valence-electron chi connectivity index (χ2n) is 5.76. The van der Waals surface area contributed by atoms with E-state index in [4.69, 9.17) is 0 Å². The van der Waals surface area contributed by atoms with Crippen LogP contribution in [-0.4, -0.2) is 33.7 Å². The molecule has 1 fully saturated rings. The van der Waals surface area contributed by atoms with E-state index < -0.39 is 5.67 Å². The van der Waals surface area contributed by atoms with E-state index >= 15 is 0 Å². The third-order valence-electron chi connectivity index (χ3n) is 4.18. The van der Waals surface area contributed by atoms with Crippen molar-refractivity contribution < 1.29 is 4.39 Å². The third kappa shape index (κ3) is 2.90. The maximum atomic E-state index is 14.6. The van der Waals surface area contributed by atoms with Gasteiger partial charge in [0.15, 0.2) is 11.0 Å². The number of piperidine rings is 1. The minimum absolute atomic E-state index is 0.0734. The number of halogens is 1. The molecule has 0 unspecified atom stereocenters. The quantitative estimate of drug-likeness (QED) is 0.869. The number of thiazole rings is 1. The fraction of sp³-hybridized carbons (Fsp3) is 0.533. The number of anilines is 1. The molecule has 0 saturated carbocycles. The molecule has 1 aliphatic rings. The Morgan fingerprint density at radius 2 is 1.86 bits per heavy atom. The largest absolute Gasteiger partial charge is 0.348 e. The van der Waals surface area contributed by atoms with Gasteiger partial charge in [0, 0.05) is 25.5 Å². The first-order valence-corrected chi connectivity index (χ1v) is 8.07. The summed E-state index contributed by atoms with van der Waals surface area (Å²) in [6.07, 6.45) is 6.39. The van der Waals surface area contributed by atoms with Crippen molar-refractivity contribution in [2.45, 2.75) is 32.4 Å². The van der Waals surface area contributed by atoms with E-state index in [9.17, 15) is 4.39 Å². The summed E-state index contributed by atoms with van der Waals surface area (Å²) in [5.74, 6) is 0.768. The fourth-order valence-corrected chi connectivity index (χ4v) is 3.50. The van der Waals surface area contributed by atoms with Gasteiger partial charge in [0.1, 0.15) is 5.67 Å². The van der Waals surface area contributed by atoms with Crippen LogP contribution < -0.4 is 4.90 Å². The fourth-order valence-electron chi connectivity index (χ4n) is 2.59. The average molecular weight is 306 g/mol. The van der Waals surface area contributed by atoms with Gasteiger partial charge in [-0.15, -0.1) is 0 Å². The van der Waals surface area contributed by atoms with Gasteiger partial charge in [0.2, 0.25) is 0 Å². The van der Waals surface area contributed by atoms with Crippen molar-refractivity contribution >= 4 is 16.5 Å². The smallest absolute Gasteiger partial charge is 0.185 e. The van der Waals surface area contributed by atoms with Crippen molar-refractivity contribution in [2.75, 3.05) is 18.0 Å². The lowest BCUT2D eigenvalue weighted by atomic mass is 9.83. The summed E-state index contributed by atoms with van der Waals surface area (Å²) in [6.45, 7) is 5.36. The zero-order valence-electron chi connectivity index (χ0n) is 12.3. The predicted molar refractivity (Wildman–Crippen MR) is 83.3 cm³/mol. The molecule has 112 valence electrons. The summed E-state index contributed by atoms with van der Waals surface area (Å²) >= 11 is 1.57. The Morgan fingerprint density at radius 1 is 1.19 bits per heavy atom. The molecular weight excluding hydrogens is 287 g/mol. The lowest BCUT2D eigenvalue weighted by molar-refractivity contribution is 0.0699. The summed E-state index contributed by atoms with van der Waals surface area (Å²) in [6, 6.07) is 1.79. The van der Waals surface area contributed by atoms with Crippen LogP contribution in [0, 0.1) is 5.92 Å². The summed E-state index contributed by atoms with van der Waals surface area (Å²) in [7, 11) is 0. The molecule has 0 amide bonds. The number of nitrogens with zero attached hydrogens (tertiary/aromatic N) is 4. The average Bonchev–Trinajstić information content (AvgIpc) is 2.98. The normalized spacial score (nSPS) is 18.2. The maximum Gasteiger partial charge on any atom is 0.185 e. The molecule has 1 aliphatic heterocycles. The Balaban J connectivity index is 1.71. The molecule has 2 aromatic rings. The van der Waals surface area contributed by atoms with Crippen LogP contribution in [0.2, 0.25) is 0 Å². The highest BCUT2D eigenvalue weighted by atomic mass is 32.1. The molecule has 21 heavy (non-hydrogen) atoms. The van der Waals surface area contributed by atoms with Gasteiger partial charge in [0.25, 0.3) is 0 Å². The van der Waals surface area contributed by atoms with Crippen LogP contribution in [0.25, 0.3) is 10.7 Å². The molecule has 0 atom stereocenters. The summed E-state index contributed by atoms with van der Waals surface area (Å²) in [4.78, 5) is 16.0. The molecule has 0 radical (unpaired) electrons. The van der Waals surface area contributed by atoms with Crippen LogP contribution in [0.3, 0.4) is 0 Å². The minimum Gasteiger partial charge on any atom is -0.348 e. The van der Waals surface area contributed by atoms with Crippen molar-refractivity contribution in [3.8, 4) is 10.7 Å². The van der Waals surface area contributed by atoms with E-state index in [2.05, 4.69) is 19.9 Å². The second kappa shape index (κ2) is 5.67. The minimum atomic E-state index is -1.03. The molecule has 0 aliphatic carbocycles. The van der Waals surface area contributed by atoms with E-state index in [0.717, 1.165) is 23.1 Å². The van der Waals surface area contributed by atoms with E-state index in [1.807, 2.05) is 13.8 Å². The zero-order valence-corrected chi connectivity index (χ0v) is 13.1. The van der Waals surface area contributed by atoms with Crippen LogP contribution >= 0.6 is 11.3 Å². The molecule has 0 N–H and O–H groups in total. The summed E-state index contributed by atoms with van der Waals surface area (Å²) in [5, 5.41) is 0.934. The second-order valence-corrected chi connectivity index (χ2v) is 6.76. The van der Waals surface area contributed by atoms with Crippen molar-refractivity contribution in [3.05, 3.63) is 24.7 Å². The zero-order chi connectivity index (χ0) is 14.9.